The largest absolute Gasteiger partial charge is 0.647 e. The topological polar surface area (TPSA) is 44.8 Å². The molecule has 0 saturated heterocycles. The van der Waals surface area contributed by atoms with E-state index in [1.54, 1.807) is 33.4 Å². The molecular formula is C138H255O4P. The molecule has 0 aliphatic rings. The van der Waals surface area contributed by atoms with E-state index in [1.165, 1.54) is 631 Å². The highest BCUT2D eigenvalue weighted by Crippen LogP contribution is 2.56. The molecule has 0 heterocycles. The maximum atomic E-state index is 19.4. The molecule has 0 spiro atoms. The van der Waals surface area contributed by atoms with Crippen LogP contribution in [0.15, 0.2) is 18.2 Å². The van der Waals surface area contributed by atoms with E-state index in [0.29, 0.717) is 0 Å². The van der Waals surface area contributed by atoms with Crippen molar-refractivity contribution in [2.24, 2.45) is 0 Å². The second kappa shape index (κ2) is 101. The number of phosphoric acid groups is 1. The van der Waals surface area contributed by atoms with Gasteiger partial charge in [0.05, 0.1) is 0 Å². The van der Waals surface area contributed by atoms with Crippen molar-refractivity contribution in [2.75, 3.05) is 0 Å². The molecule has 0 bridgehead atoms. The molecule has 0 aliphatic carbocycles. The molecule has 0 aliphatic heterocycles. The summed E-state index contributed by atoms with van der Waals surface area (Å²) in [6.07, 6.45) is 138. The molecule has 3 rings (SSSR count). The summed E-state index contributed by atoms with van der Waals surface area (Å²) >= 11 is 0. The Morgan fingerprint density at radius 1 is 0.126 bits per heavy atom. The van der Waals surface area contributed by atoms with Crippen molar-refractivity contribution in [3.05, 3.63) is 85.0 Å². The van der Waals surface area contributed by atoms with Crippen molar-refractivity contribution >= 4 is 7.82 Å². The second-order valence-electron chi connectivity index (χ2n) is 46.8. The summed E-state index contributed by atoms with van der Waals surface area (Å²) in [5, 5.41) is 0. The van der Waals surface area contributed by atoms with Gasteiger partial charge in [-0.1, -0.05) is 622 Å². The number of rotatable bonds is 114. The van der Waals surface area contributed by atoms with Gasteiger partial charge < -0.3 is 13.6 Å². The van der Waals surface area contributed by atoms with E-state index in [0.717, 1.165) is 114 Å². The van der Waals surface area contributed by atoms with Gasteiger partial charge in [0, 0.05) is 0 Å². The van der Waals surface area contributed by atoms with Gasteiger partial charge in [-0.3, -0.25) is 0 Å². The summed E-state index contributed by atoms with van der Waals surface area (Å²) in [6, 6.07) is 7.76. The van der Waals surface area contributed by atoms with Gasteiger partial charge >= 0.3 is 7.82 Å². The standard InChI is InChI=1S/C138H255O4P/c1-13-25-37-49-61-73-85-97-109-124-121-136(133(118-106-94-82-70-58-46-34-22-10)130(115-103-91-79-67-55-43-31-19-7)127(124)112-100-88-76-64-52-40-28-16-4)140-143(139,141-137-122-125(110-98-86-74-62-50-38-26-14-2)128(113-101-89-77-65-53-41-29-17-5)131(116-104-92-80-68-56-44-32-20-8)134(137)119-107-95-83-71-59-47-35-23-11)142-138-123-126(111-99-87-75-63-51-39-27-15-3)129(114-102-90-78-66-54-42-30-18-6)132(117-105-93-81-69-57-45-33-21-9)135(138)120-108-96-84-72-60-48-36-24-12/h121-123H,13-120H2,1-12H3. The Labute approximate surface area is 898 Å². The smallest absolute Gasteiger partial charge is 0.386 e. The van der Waals surface area contributed by atoms with E-state index in [9.17, 15) is 0 Å². The molecule has 143 heavy (non-hydrogen) atoms. The SMILES string of the molecule is CCCCCCCCCCc1cc(OP(=O)(Oc2cc(CCCCCCCCCC)c(CCCCCCCCCC)c(CCCCCCCCCC)c2CCCCCCCCCC)Oc2cc(CCCCCCCCCC)c(CCCCCCCCCC)c(CCCCCCCCCC)c2CCCCCCCCCC)c(CCCCCCCCCC)c(CCCCCCCCCC)c1CCCCCCCCCC. The zero-order chi connectivity index (χ0) is 103. The Bertz CT molecular complexity index is 2930. The maximum absolute atomic E-state index is 19.4. The van der Waals surface area contributed by atoms with Crippen LogP contribution in [0.3, 0.4) is 0 Å². The first-order valence-electron chi connectivity index (χ1n) is 66.8. The van der Waals surface area contributed by atoms with Crippen LogP contribution in [0, 0.1) is 0 Å². The Kier molecular flexibility index (Phi) is 95.1. The Morgan fingerprint density at radius 3 is 0.350 bits per heavy atom. The van der Waals surface area contributed by atoms with Gasteiger partial charge in [0.2, 0.25) is 0 Å². The van der Waals surface area contributed by atoms with Gasteiger partial charge in [0.25, 0.3) is 0 Å². The van der Waals surface area contributed by atoms with Gasteiger partial charge in [-0.05, 0) is 239 Å². The Morgan fingerprint density at radius 2 is 0.224 bits per heavy atom. The molecule has 0 N–H and O–H groups in total. The lowest BCUT2D eigenvalue weighted by molar-refractivity contribution is 0.294. The van der Waals surface area contributed by atoms with Crippen LogP contribution in [-0.4, -0.2) is 0 Å². The molecule has 3 aromatic carbocycles. The third-order valence-electron chi connectivity index (χ3n) is 33.2. The minimum atomic E-state index is -4.74. The van der Waals surface area contributed by atoms with Crippen LogP contribution >= 0.6 is 7.82 Å². The third-order valence-corrected chi connectivity index (χ3v) is 34.5. The lowest BCUT2D eigenvalue weighted by atomic mass is 9.85. The first-order chi connectivity index (χ1) is 70.6. The quantitative estimate of drug-likeness (QED) is 0.0417. The highest BCUT2D eigenvalue weighted by molar-refractivity contribution is 7.49. The average molecular weight is 2010 g/mol. The highest BCUT2D eigenvalue weighted by atomic mass is 31.2. The molecule has 3 aromatic rings. The van der Waals surface area contributed by atoms with Crippen molar-refractivity contribution in [1.82, 2.24) is 0 Å². The molecule has 836 valence electrons. The van der Waals surface area contributed by atoms with E-state index in [4.69, 9.17) is 13.6 Å². The fraction of sp³-hybridized carbons (Fsp3) is 0.870. The van der Waals surface area contributed by atoms with E-state index < -0.39 is 7.82 Å². The highest BCUT2D eigenvalue weighted by Gasteiger charge is 2.39. The van der Waals surface area contributed by atoms with Crippen LogP contribution in [0.1, 0.15) is 766 Å². The third kappa shape index (κ3) is 71.0. The minimum absolute atomic E-state index is 0.864. The summed E-state index contributed by atoms with van der Waals surface area (Å²) in [5.74, 6) is 2.59. The molecule has 0 atom stereocenters. The van der Waals surface area contributed by atoms with Gasteiger partial charge in [-0.2, -0.15) is 4.57 Å². The van der Waals surface area contributed by atoms with Crippen LogP contribution in [0.4, 0.5) is 0 Å². The monoisotopic (exact) mass is 2010 g/mol. The molecule has 0 fully saturated rings. The molecule has 0 amide bonds. The van der Waals surface area contributed by atoms with Gasteiger partial charge in [-0.25, -0.2) is 0 Å². The summed E-state index contributed by atoms with van der Waals surface area (Å²) in [6.45, 7) is 28.5. The first-order valence-corrected chi connectivity index (χ1v) is 68.3. The van der Waals surface area contributed by atoms with E-state index in [2.05, 4.69) is 101 Å². The van der Waals surface area contributed by atoms with Crippen LogP contribution < -0.4 is 13.6 Å². The molecule has 0 aromatic heterocycles. The van der Waals surface area contributed by atoms with Gasteiger partial charge in [0.1, 0.15) is 17.2 Å². The van der Waals surface area contributed by atoms with E-state index >= 15 is 4.57 Å². The zero-order valence-electron chi connectivity index (χ0n) is 99.7. The molecule has 5 heteroatoms. The molecule has 4 nitrogen and oxygen atoms in total. The van der Waals surface area contributed by atoms with Gasteiger partial charge in [-0.15, -0.1) is 0 Å². The van der Waals surface area contributed by atoms with E-state index in [-0.39, 0.29) is 0 Å². The van der Waals surface area contributed by atoms with Crippen LogP contribution in [0.2, 0.25) is 0 Å². The number of aryl methyl sites for hydroxylation is 3. The van der Waals surface area contributed by atoms with Crippen molar-refractivity contribution in [2.45, 2.75) is 777 Å². The van der Waals surface area contributed by atoms with Gasteiger partial charge in [0.15, 0.2) is 0 Å². The van der Waals surface area contributed by atoms with Crippen molar-refractivity contribution in [1.29, 1.82) is 0 Å². The normalized spacial score (nSPS) is 11.9. The van der Waals surface area contributed by atoms with Crippen molar-refractivity contribution < 1.29 is 18.1 Å². The lowest BCUT2D eigenvalue weighted by Crippen LogP contribution is -2.16. The maximum Gasteiger partial charge on any atom is 0.647 e. The lowest BCUT2D eigenvalue weighted by Gasteiger charge is -2.29. The number of phosphoric ester groups is 1. The minimum Gasteiger partial charge on any atom is -0.386 e. The summed E-state index contributed by atoms with van der Waals surface area (Å²) in [7, 11) is -4.74. The predicted molar refractivity (Wildman–Crippen MR) is 645 cm³/mol. The fourth-order valence-electron chi connectivity index (χ4n) is 23.8. The number of benzene rings is 3. The summed E-state index contributed by atoms with van der Waals surface area (Å²) in [4.78, 5) is 0. The van der Waals surface area contributed by atoms with Crippen LogP contribution in [0.25, 0.3) is 0 Å². The van der Waals surface area contributed by atoms with Crippen molar-refractivity contribution in [3.8, 4) is 17.2 Å². The number of unbranched alkanes of at least 4 members (excludes halogenated alkanes) is 84. The zero-order valence-corrected chi connectivity index (χ0v) is 101. The second-order valence-corrected chi connectivity index (χ2v) is 48.3. The molecule has 0 saturated carbocycles. The Hall–Kier alpha value is -2.71. The predicted octanol–water partition coefficient (Wildman–Crippen LogP) is 49.5. The molecule has 0 radical (unpaired) electrons. The molecule has 0 unspecified atom stereocenters. The summed E-state index contributed by atoms with van der Waals surface area (Å²) < 4.78 is 44.7. The van der Waals surface area contributed by atoms with Crippen LogP contribution in [0.5, 0.6) is 17.2 Å². The first kappa shape index (κ1) is 134. The van der Waals surface area contributed by atoms with Crippen molar-refractivity contribution in [3.63, 3.8) is 0 Å². The Balaban J connectivity index is 3.02. The summed E-state index contributed by atoms with van der Waals surface area (Å²) in [5.41, 5.74) is 18.3. The van der Waals surface area contributed by atoms with Crippen LogP contribution in [-0.2, 0) is 81.6 Å². The average Bonchev–Trinajstić information content (AvgIpc) is 0.757. The number of hydrogen-bond donors (Lipinski definition) is 0. The number of hydrogen-bond acceptors (Lipinski definition) is 4. The molecular weight excluding hydrogens is 1750 g/mol. The fourth-order valence-corrected chi connectivity index (χ4v) is 25.2. The van der Waals surface area contributed by atoms with E-state index in [1.807, 2.05) is 0 Å².